The Labute approximate surface area is 115 Å². The molecule has 0 saturated carbocycles. The van der Waals surface area contributed by atoms with E-state index in [9.17, 15) is 0 Å². The molecule has 1 aliphatic heterocycles. The number of hydrogen-bond acceptors (Lipinski definition) is 3. The van der Waals surface area contributed by atoms with E-state index in [1.165, 1.54) is 48.7 Å². The van der Waals surface area contributed by atoms with Crippen molar-refractivity contribution < 1.29 is 0 Å². The van der Waals surface area contributed by atoms with Crippen LogP contribution in [0.1, 0.15) is 18.4 Å². The van der Waals surface area contributed by atoms with Crippen molar-refractivity contribution in [1.29, 1.82) is 0 Å². The number of benzene rings is 1. The smallest absolute Gasteiger partial charge is 0.0108 e. The van der Waals surface area contributed by atoms with Crippen molar-refractivity contribution in [1.82, 2.24) is 4.90 Å². The van der Waals surface area contributed by atoms with Gasteiger partial charge in [-0.25, -0.2) is 0 Å². The van der Waals surface area contributed by atoms with Gasteiger partial charge in [-0.05, 0) is 50.9 Å². The summed E-state index contributed by atoms with van der Waals surface area (Å²) in [5.41, 5.74) is 7.10. The lowest BCUT2D eigenvalue weighted by Gasteiger charge is -2.31. The molecule has 0 aromatic heterocycles. The SMILES string of the molecule is Cc1ccc(SCCN2CCCC(CN)C2)cc1. The highest BCUT2D eigenvalue weighted by Crippen LogP contribution is 2.20. The van der Waals surface area contributed by atoms with Crippen LogP contribution < -0.4 is 5.73 Å². The Bertz CT molecular complexity index is 350. The first kappa shape index (κ1) is 13.9. The molecule has 2 nitrogen and oxygen atoms in total. The highest BCUT2D eigenvalue weighted by Gasteiger charge is 2.17. The van der Waals surface area contributed by atoms with Gasteiger partial charge in [0.15, 0.2) is 0 Å². The summed E-state index contributed by atoms with van der Waals surface area (Å²) >= 11 is 1.96. The van der Waals surface area contributed by atoms with E-state index in [0.717, 1.165) is 12.5 Å². The molecule has 0 bridgehead atoms. The third kappa shape index (κ3) is 4.30. The average Bonchev–Trinajstić information content (AvgIpc) is 2.41. The van der Waals surface area contributed by atoms with E-state index in [1.807, 2.05) is 11.8 Å². The van der Waals surface area contributed by atoms with E-state index in [0.29, 0.717) is 0 Å². The van der Waals surface area contributed by atoms with Gasteiger partial charge in [-0.3, -0.25) is 0 Å². The largest absolute Gasteiger partial charge is 0.330 e. The third-order valence-corrected chi connectivity index (χ3v) is 4.63. The van der Waals surface area contributed by atoms with Crippen LogP contribution in [-0.2, 0) is 0 Å². The fraction of sp³-hybridized carbons (Fsp3) is 0.600. The normalized spacial score (nSPS) is 21.1. The number of aryl methyl sites for hydroxylation is 1. The number of likely N-dealkylation sites (tertiary alicyclic amines) is 1. The van der Waals surface area contributed by atoms with Crippen LogP contribution >= 0.6 is 11.8 Å². The highest BCUT2D eigenvalue weighted by atomic mass is 32.2. The molecule has 18 heavy (non-hydrogen) atoms. The first-order valence-corrected chi connectivity index (χ1v) is 7.88. The van der Waals surface area contributed by atoms with E-state index in [2.05, 4.69) is 36.1 Å². The van der Waals surface area contributed by atoms with Gasteiger partial charge < -0.3 is 10.6 Å². The first-order chi connectivity index (χ1) is 8.78. The van der Waals surface area contributed by atoms with E-state index >= 15 is 0 Å². The molecule has 100 valence electrons. The fourth-order valence-electron chi connectivity index (χ4n) is 2.47. The molecule has 1 aliphatic rings. The standard InChI is InChI=1S/C15H24N2S/c1-13-4-6-15(7-5-13)18-10-9-17-8-2-3-14(11-16)12-17/h4-7,14H,2-3,8-12,16H2,1H3. The maximum atomic E-state index is 5.77. The molecule has 2 N–H and O–H groups in total. The summed E-state index contributed by atoms with van der Waals surface area (Å²) in [5.74, 6) is 1.91. The lowest BCUT2D eigenvalue weighted by Crippen LogP contribution is -2.39. The molecule has 1 aromatic carbocycles. The lowest BCUT2D eigenvalue weighted by molar-refractivity contribution is 0.188. The maximum absolute atomic E-state index is 5.77. The zero-order valence-electron chi connectivity index (χ0n) is 11.3. The van der Waals surface area contributed by atoms with Gasteiger partial charge >= 0.3 is 0 Å². The summed E-state index contributed by atoms with van der Waals surface area (Å²) < 4.78 is 0. The fourth-order valence-corrected chi connectivity index (χ4v) is 3.39. The van der Waals surface area contributed by atoms with Gasteiger partial charge in [0, 0.05) is 23.7 Å². The molecule has 1 aromatic rings. The quantitative estimate of drug-likeness (QED) is 0.829. The molecule has 0 amide bonds. The zero-order chi connectivity index (χ0) is 12.8. The van der Waals surface area contributed by atoms with E-state index in [-0.39, 0.29) is 0 Å². The molecule has 0 spiro atoms. The summed E-state index contributed by atoms with van der Waals surface area (Å²) in [7, 11) is 0. The van der Waals surface area contributed by atoms with Crippen molar-refractivity contribution in [3.05, 3.63) is 29.8 Å². The minimum absolute atomic E-state index is 0.725. The van der Waals surface area contributed by atoms with Crippen LogP contribution in [0, 0.1) is 12.8 Å². The van der Waals surface area contributed by atoms with Gasteiger partial charge in [-0.15, -0.1) is 11.8 Å². The lowest BCUT2D eigenvalue weighted by atomic mass is 9.98. The second kappa shape index (κ2) is 7.17. The Morgan fingerprint density at radius 2 is 2.11 bits per heavy atom. The number of thioether (sulfide) groups is 1. The summed E-state index contributed by atoms with van der Waals surface area (Å²) in [5, 5.41) is 0. The summed E-state index contributed by atoms with van der Waals surface area (Å²) in [6.45, 7) is 6.63. The van der Waals surface area contributed by atoms with Gasteiger partial charge in [0.05, 0.1) is 0 Å². The number of nitrogens with zero attached hydrogens (tertiary/aromatic N) is 1. The Morgan fingerprint density at radius 1 is 1.33 bits per heavy atom. The summed E-state index contributed by atoms with van der Waals surface area (Å²) in [4.78, 5) is 3.95. The van der Waals surface area contributed by atoms with E-state index in [1.54, 1.807) is 0 Å². The van der Waals surface area contributed by atoms with Crippen molar-refractivity contribution in [3.8, 4) is 0 Å². The second-order valence-electron chi connectivity index (χ2n) is 5.21. The molecule has 1 heterocycles. The van der Waals surface area contributed by atoms with Gasteiger partial charge in [0.2, 0.25) is 0 Å². The Hall–Kier alpha value is -0.510. The summed E-state index contributed by atoms with van der Waals surface area (Å²) in [6.07, 6.45) is 2.63. The van der Waals surface area contributed by atoms with Crippen LogP contribution in [0.15, 0.2) is 29.2 Å². The second-order valence-corrected chi connectivity index (χ2v) is 6.37. The Balaban J connectivity index is 1.70. The molecule has 0 aliphatic carbocycles. The number of nitrogens with two attached hydrogens (primary N) is 1. The van der Waals surface area contributed by atoms with E-state index < -0.39 is 0 Å². The number of rotatable bonds is 5. The zero-order valence-corrected chi connectivity index (χ0v) is 12.1. The van der Waals surface area contributed by atoms with Crippen LogP contribution in [0.4, 0.5) is 0 Å². The van der Waals surface area contributed by atoms with Crippen molar-refractivity contribution in [2.45, 2.75) is 24.7 Å². The number of hydrogen-bond donors (Lipinski definition) is 1. The first-order valence-electron chi connectivity index (χ1n) is 6.90. The molecule has 0 radical (unpaired) electrons. The Kier molecular flexibility index (Phi) is 5.54. The van der Waals surface area contributed by atoms with Crippen molar-refractivity contribution in [3.63, 3.8) is 0 Å². The van der Waals surface area contributed by atoms with Gasteiger partial charge in [0.25, 0.3) is 0 Å². The predicted octanol–water partition coefficient (Wildman–Crippen LogP) is 2.76. The maximum Gasteiger partial charge on any atom is 0.0108 e. The minimum Gasteiger partial charge on any atom is -0.330 e. The number of piperidine rings is 1. The molecule has 3 heteroatoms. The van der Waals surface area contributed by atoms with Crippen molar-refractivity contribution >= 4 is 11.8 Å². The minimum atomic E-state index is 0.725. The third-order valence-electron chi connectivity index (χ3n) is 3.63. The van der Waals surface area contributed by atoms with Gasteiger partial charge in [-0.1, -0.05) is 17.7 Å². The predicted molar refractivity (Wildman–Crippen MR) is 80.1 cm³/mol. The van der Waals surface area contributed by atoms with Crippen LogP contribution in [0.2, 0.25) is 0 Å². The monoisotopic (exact) mass is 264 g/mol. The molecule has 2 rings (SSSR count). The molecule has 1 saturated heterocycles. The van der Waals surface area contributed by atoms with Crippen LogP contribution in [0.3, 0.4) is 0 Å². The molecule has 1 fully saturated rings. The van der Waals surface area contributed by atoms with Gasteiger partial charge in [-0.2, -0.15) is 0 Å². The van der Waals surface area contributed by atoms with Crippen LogP contribution in [0.5, 0.6) is 0 Å². The highest BCUT2D eigenvalue weighted by molar-refractivity contribution is 7.99. The van der Waals surface area contributed by atoms with E-state index in [4.69, 9.17) is 5.73 Å². The summed E-state index contributed by atoms with van der Waals surface area (Å²) in [6, 6.07) is 8.82. The molecular formula is C15H24N2S. The van der Waals surface area contributed by atoms with Crippen molar-refractivity contribution in [2.75, 3.05) is 31.9 Å². The van der Waals surface area contributed by atoms with Crippen LogP contribution in [0.25, 0.3) is 0 Å². The topological polar surface area (TPSA) is 29.3 Å². The molecule has 1 unspecified atom stereocenters. The molecular weight excluding hydrogens is 240 g/mol. The average molecular weight is 264 g/mol. The van der Waals surface area contributed by atoms with Crippen LogP contribution in [-0.4, -0.2) is 36.8 Å². The van der Waals surface area contributed by atoms with Gasteiger partial charge in [0.1, 0.15) is 0 Å². The van der Waals surface area contributed by atoms with Crippen molar-refractivity contribution in [2.24, 2.45) is 11.7 Å². The Morgan fingerprint density at radius 3 is 2.83 bits per heavy atom. The molecule has 1 atom stereocenters.